The molecule has 23 heavy (non-hydrogen) atoms. The molecule has 6 heteroatoms. The van der Waals surface area contributed by atoms with Gasteiger partial charge in [0.15, 0.2) is 0 Å². The molecule has 0 bridgehead atoms. The maximum atomic E-state index is 13.2. The van der Waals surface area contributed by atoms with E-state index in [1.807, 2.05) is 6.07 Å². The lowest BCUT2D eigenvalue weighted by atomic mass is 9.90. The standard InChI is InChI=1S/C17H19FN4O/c18-14-3-1-2-13(9-14)8-12-4-6-22(7-5-12)16-11-20-10-15(21-16)17(19)23/h1-3,9-12H,4-8H2,(H2,19,23). The van der Waals surface area contributed by atoms with Crippen LogP contribution in [0.15, 0.2) is 36.7 Å². The number of amides is 1. The molecule has 2 heterocycles. The van der Waals surface area contributed by atoms with Crippen LogP contribution in [0.25, 0.3) is 0 Å². The number of halogens is 1. The molecule has 0 unspecified atom stereocenters. The molecule has 1 aliphatic rings. The van der Waals surface area contributed by atoms with Crippen LogP contribution in [0.3, 0.4) is 0 Å². The number of benzene rings is 1. The van der Waals surface area contributed by atoms with E-state index in [-0.39, 0.29) is 11.5 Å². The van der Waals surface area contributed by atoms with E-state index in [0.717, 1.165) is 37.9 Å². The lowest BCUT2D eigenvalue weighted by Gasteiger charge is -2.32. The molecule has 3 rings (SSSR count). The van der Waals surface area contributed by atoms with E-state index in [9.17, 15) is 9.18 Å². The van der Waals surface area contributed by atoms with Crippen molar-refractivity contribution in [1.29, 1.82) is 0 Å². The van der Waals surface area contributed by atoms with Crippen LogP contribution in [0.5, 0.6) is 0 Å². The Labute approximate surface area is 134 Å². The highest BCUT2D eigenvalue weighted by molar-refractivity contribution is 5.90. The maximum absolute atomic E-state index is 13.2. The molecule has 2 aromatic rings. The molecule has 0 atom stereocenters. The zero-order valence-corrected chi connectivity index (χ0v) is 12.8. The number of anilines is 1. The third kappa shape index (κ3) is 3.83. The van der Waals surface area contributed by atoms with E-state index in [0.29, 0.717) is 11.7 Å². The van der Waals surface area contributed by atoms with Gasteiger partial charge in [0.2, 0.25) is 0 Å². The molecule has 1 saturated heterocycles. The highest BCUT2D eigenvalue weighted by atomic mass is 19.1. The number of aromatic nitrogens is 2. The first-order valence-corrected chi connectivity index (χ1v) is 7.73. The molecular weight excluding hydrogens is 295 g/mol. The Hall–Kier alpha value is -2.50. The average molecular weight is 314 g/mol. The highest BCUT2D eigenvalue weighted by Crippen LogP contribution is 2.24. The molecule has 120 valence electrons. The fourth-order valence-corrected chi connectivity index (χ4v) is 2.99. The number of rotatable bonds is 4. The van der Waals surface area contributed by atoms with Gasteiger partial charge in [-0.3, -0.25) is 9.78 Å². The molecule has 2 N–H and O–H groups in total. The fourth-order valence-electron chi connectivity index (χ4n) is 2.99. The van der Waals surface area contributed by atoms with Crippen molar-refractivity contribution in [2.45, 2.75) is 19.3 Å². The lowest BCUT2D eigenvalue weighted by Crippen LogP contribution is -2.35. The van der Waals surface area contributed by atoms with E-state index < -0.39 is 5.91 Å². The Morgan fingerprint density at radius 1 is 1.30 bits per heavy atom. The molecule has 1 aromatic heterocycles. The zero-order valence-electron chi connectivity index (χ0n) is 12.8. The number of nitrogens with two attached hydrogens (primary N) is 1. The highest BCUT2D eigenvalue weighted by Gasteiger charge is 2.21. The molecule has 0 aliphatic carbocycles. The lowest BCUT2D eigenvalue weighted by molar-refractivity contribution is 0.0995. The van der Waals surface area contributed by atoms with Crippen LogP contribution in [0, 0.1) is 11.7 Å². The number of hydrogen-bond acceptors (Lipinski definition) is 4. The summed E-state index contributed by atoms with van der Waals surface area (Å²) in [5, 5.41) is 0. The molecule has 0 spiro atoms. The van der Waals surface area contributed by atoms with Gasteiger partial charge in [0.1, 0.15) is 17.3 Å². The van der Waals surface area contributed by atoms with Gasteiger partial charge in [0, 0.05) is 13.1 Å². The van der Waals surface area contributed by atoms with Crippen LogP contribution in [0.1, 0.15) is 28.9 Å². The Morgan fingerprint density at radius 2 is 2.09 bits per heavy atom. The second kappa shape index (κ2) is 6.73. The molecule has 0 saturated carbocycles. The topological polar surface area (TPSA) is 72.1 Å². The SMILES string of the molecule is NC(=O)c1cncc(N2CCC(Cc3cccc(F)c3)CC2)n1. The Morgan fingerprint density at radius 3 is 2.78 bits per heavy atom. The van der Waals surface area contributed by atoms with Crippen LogP contribution >= 0.6 is 0 Å². The minimum atomic E-state index is -0.569. The smallest absolute Gasteiger partial charge is 0.268 e. The quantitative estimate of drug-likeness (QED) is 0.939. The van der Waals surface area contributed by atoms with Gasteiger partial charge in [-0.1, -0.05) is 12.1 Å². The summed E-state index contributed by atoms with van der Waals surface area (Å²) in [6.45, 7) is 1.69. The van der Waals surface area contributed by atoms with E-state index in [1.165, 1.54) is 12.3 Å². The van der Waals surface area contributed by atoms with Gasteiger partial charge in [-0.2, -0.15) is 0 Å². The van der Waals surface area contributed by atoms with Crippen molar-refractivity contribution in [1.82, 2.24) is 9.97 Å². The van der Waals surface area contributed by atoms with Gasteiger partial charge in [-0.25, -0.2) is 9.37 Å². The average Bonchev–Trinajstić information content (AvgIpc) is 2.56. The Balaban J connectivity index is 1.60. The van der Waals surface area contributed by atoms with Crippen LogP contribution in [0.4, 0.5) is 10.2 Å². The first-order valence-electron chi connectivity index (χ1n) is 7.73. The summed E-state index contributed by atoms with van der Waals surface area (Å²) in [6, 6.07) is 6.80. The minimum absolute atomic E-state index is 0.182. The number of hydrogen-bond donors (Lipinski definition) is 1. The summed E-state index contributed by atoms with van der Waals surface area (Å²) in [6.07, 6.45) is 5.92. The molecule has 5 nitrogen and oxygen atoms in total. The second-order valence-corrected chi connectivity index (χ2v) is 5.89. The predicted octanol–water partition coefficient (Wildman–Crippen LogP) is 2.17. The normalized spacial score (nSPS) is 15.6. The number of piperidine rings is 1. The zero-order chi connectivity index (χ0) is 16.2. The summed E-state index contributed by atoms with van der Waals surface area (Å²) in [5.74, 6) is 0.463. The summed E-state index contributed by atoms with van der Waals surface area (Å²) >= 11 is 0. The van der Waals surface area contributed by atoms with Crippen LogP contribution in [-0.4, -0.2) is 29.0 Å². The fraction of sp³-hybridized carbons (Fsp3) is 0.353. The van der Waals surface area contributed by atoms with Gasteiger partial charge < -0.3 is 10.6 Å². The molecule has 0 radical (unpaired) electrons. The van der Waals surface area contributed by atoms with E-state index in [1.54, 1.807) is 18.3 Å². The van der Waals surface area contributed by atoms with Gasteiger partial charge in [0.25, 0.3) is 5.91 Å². The van der Waals surface area contributed by atoms with Crippen LogP contribution in [0.2, 0.25) is 0 Å². The van der Waals surface area contributed by atoms with Gasteiger partial charge >= 0.3 is 0 Å². The molecular formula is C17H19FN4O. The number of primary amides is 1. The monoisotopic (exact) mass is 314 g/mol. The maximum Gasteiger partial charge on any atom is 0.268 e. The first kappa shape index (κ1) is 15.4. The summed E-state index contributed by atoms with van der Waals surface area (Å²) < 4.78 is 13.2. The van der Waals surface area contributed by atoms with E-state index in [4.69, 9.17) is 5.73 Å². The Bertz CT molecular complexity index is 698. The van der Waals surface area contributed by atoms with E-state index >= 15 is 0 Å². The van der Waals surface area contributed by atoms with E-state index in [2.05, 4.69) is 14.9 Å². The van der Waals surface area contributed by atoms with Crippen molar-refractivity contribution in [2.75, 3.05) is 18.0 Å². The molecule has 1 fully saturated rings. The number of carbonyl (C=O) groups excluding carboxylic acids is 1. The van der Waals surface area contributed by atoms with Crippen molar-refractivity contribution in [3.8, 4) is 0 Å². The first-order chi connectivity index (χ1) is 11.1. The summed E-state index contributed by atoms with van der Waals surface area (Å²) in [5.41, 5.74) is 6.47. The van der Waals surface area contributed by atoms with Crippen molar-refractivity contribution in [3.05, 3.63) is 53.7 Å². The van der Waals surface area contributed by atoms with Crippen molar-refractivity contribution in [2.24, 2.45) is 11.7 Å². The predicted molar refractivity (Wildman–Crippen MR) is 85.6 cm³/mol. The molecule has 1 amide bonds. The van der Waals surface area contributed by atoms with Crippen LogP contribution < -0.4 is 10.6 Å². The van der Waals surface area contributed by atoms with Gasteiger partial charge in [0.05, 0.1) is 12.4 Å². The third-order valence-electron chi connectivity index (χ3n) is 4.23. The summed E-state index contributed by atoms with van der Waals surface area (Å²) in [7, 11) is 0. The minimum Gasteiger partial charge on any atom is -0.364 e. The second-order valence-electron chi connectivity index (χ2n) is 5.89. The Kier molecular flexibility index (Phi) is 4.50. The van der Waals surface area contributed by atoms with Crippen molar-refractivity contribution >= 4 is 11.7 Å². The number of nitrogens with zero attached hydrogens (tertiary/aromatic N) is 3. The van der Waals surface area contributed by atoms with Gasteiger partial charge in [-0.15, -0.1) is 0 Å². The molecule has 1 aromatic carbocycles. The number of carbonyl (C=O) groups is 1. The van der Waals surface area contributed by atoms with Crippen molar-refractivity contribution < 1.29 is 9.18 Å². The molecule has 1 aliphatic heterocycles. The van der Waals surface area contributed by atoms with Crippen LogP contribution in [-0.2, 0) is 6.42 Å². The van der Waals surface area contributed by atoms with Gasteiger partial charge in [-0.05, 0) is 42.9 Å². The summed E-state index contributed by atoms with van der Waals surface area (Å²) in [4.78, 5) is 21.6. The van der Waals surface area contributed by atoms with Crippen molar-refractivity contribution in [3.63, 3.8) is 0 Å². The third-order valence-corrected chi connectivity index (χ3v) is 4.23. The largest absolute Gasteiger partial charge is 0.364 e.